The lowest BCUT2D eigenvalue weighted by Gasteiger charge is -2.33. The molecule has 1 aliphatic carbocycles. The smallest absolute Gasteiger partial charge is 0.223 e. The molecule has 156 valence electrons. The number of fused-ring (bicyclic) bond motifs is 1. The fourth-order valence-corrected chi connectivity index (χ4v) is 4.54. The van der Waals surface area contributed by atoms with Gasteiger partial charge < -0.3 is 9.64 Å². The molecule has 5 nitrogen and oxygen atoms in total. The van der Waals surface area contributed by atoms with E-state index >= 15 is 0 Å². The van der Waals surface area contributed by atoms with E-state index in [0.717, 1.165) is 36.8 Å². The van der Waals surface area contributed by atoms with Crippen molar-refractivity contribution in [2.45, 2.75) is 32.1 Å². The predicted octanol–water partition coefficient (Wildman–Crippen LogP) is 3.54. The van der Waals surface area contributed by atoms with Gasteiger partial charge in [-0.2, -0.15) is 5.26 Å². The van der Waals surface area contributed by atoms with E-state index in [1.165, 1.54) is 6.07 Å². The van der Waals surface area contributed by atoms with Crippen LogP contribution in [0.15, 0.2) is 42.2 Å². The minimum Gasteiger partial charge on any atom is -0.500 e. The fourth-order valence-electron chi connectivity index (χ4n) is 4.54. The molecule has 4 rings (SSSR count). The number of nitrogens with zero attached hydrogens (tertiary/aromatic N) is 2. The van der Waals surface area contributed by atoms with E-state index in [4.69, 9.17) is 10.00 Å². The number of hydrogen-bond acceptors (Lipinski definition) is 4. The molecule has 2 heterocycles. The average molecular weight is 408 g/mol. The third-order valence-corrected chi connectivity index (χ3v) is 6.47. The number of allylic oxidation sites excluding steroid dienone is 2. The van der Waals surface area contributed by atoms with Crippen molar-refractivity contribution in [3.8, 4) is 6.07 Å². The van der Waals surface area contributed by atoms with Crippen molar-refractivity contribution in [3.05, 3.63) is 59.1 Å². The van der Waals surface area contributed by atoms with Crippen molar-refractivity contribution in [3.63, 3.8) is 0 Å². The Morgan fingerprint density at radius 3 is 2.87 bits per heavy atom. The summed E-state index contributed by atoms with van der Waals surface area (Å²) >= 11 is 0. The molecule has 1 aromatic carbocycles. The Morgan fingerprint density at radius 1 is 1.30 bits per heavy atom. The Bertz CT molecular complexity index is 938. The van der Waals surface area contributed by atoms with Crippen LogP contribution >= 0.6 is 0 Å². The van der Waals surface area contributed by atoms with Crippen molar-refractivity contribution < 1.29 is 18.7 Å². The molecule has 0 bridgehead atoms. The molecule has 1 saturated heterocycles. The SMILES string of the molecule is N#Cc1cc(CCC2CCN(C(=O)CC3C=CC4=COCC4C3=O)CC2)ccc1F. The number of hydrogen-bond donors (Lipinski definition) is 0. The molecule has 0 N–H and O–H groups in total. The Morgan fingerprint density at radius 2 is 2.10 bits per heavy atom. The molecule has 1 aromatic rings. The van der Waals surface area contributed by atoms with Gasteiger partial charge in [-0.15, -0.1) is 0 Å². The van der Waals surface area contributed by atoms with Gasteiger partial charge in [-0.1, -0.05) is 18.2 Å². The lowest BCUT2D eigenvalue weighted by atomic mass is 9.81. The number of aryl methyl sites for hydroxylation is 1. The maximum atomic E-state index is 13.4. The van der Waals surface area contributed by atoms with Gasteiger partial charge >= 0.3 is 0 Å². The van der Waals surface area contributed by atoms with Crippen LogP contribution in [0, 0.1) is 34.9 Å². The van der Waals surface area contributed by atoms with Crippen LogP contribution in [0.3, 0.4) is 0 Å². The highest BCUT2D eigenvalue weighted by Gasteiger charge is 2.36. The molecule has 0 saturated carbocycles. The lowest BCUT2D eigenvalue weighted by Crippen LogP contribution is -2.40. The summed E-state index contributed by atoms with van der Waals surface area (Å²) in [7, 11) is 0. The molecule has 2 aliphatic heterocycles. The second kappa shape index (κ2) is 8.83. The standard InChI is InChI=1S/C24H25FN2O3/c25-22-6-3-17(11-20(22)13-26)2-1-16-7-9-27(10-8-16)23(28)12-18-4-5-19-14-30-15-21(19)24(18)29/h3-6,11,14,16,18,21H,1-2,7-10,12,15H2. The second-order valence-corrected chi connectivity index (χ2v) is 8.36. The zero-order valence-electron chi connectivity index (χ0n) is 16.9. The van der Waals surface area contributed by atoms with Crippen LogP contribution in [-0.4, -0.2) is 36.3 Å². The summed E-state index contributed by atoms with van der Waals surface area (Å²) in [6.45, 7) is 1.80. The van der Waals surface area contributed by atoms with E-state index in [1.807, 2.05) is 23.1 Å². The van der Waals surface area contributed by atoms with Crippen LogP contribution in [0.4, 0.5) is 4.39 Å². The third-order valence-electron chi connectivity index (χ3n) is 6.47. The van der Waals surface area contributed by atoms with E-state index in [2.05, 4.69) is 0 Å². The van der Waals surface area contributed by atoms with Crippen molar-refractivity contribution in [2.75, 3.05) is 19.7 Å². The molecule has 3 aliphatic rings. The Kier molecular flexibility index (Phi) is 5.98. The Hall–Kier alpha value is -2.94. The van der Waals surface area contributed by atoms with Gasteiger partial charge in [0, 0.05) is 31.0 Å². The predicted molar refractivity (Wildman–Crippen MR) is 109 cm³/mol. The minimum atomic E-state index is -0.480. The summed E-state index contributed by atoms with van der Waals surface area (Å²) < 4.78 is 18.7. The normalized spacial score (nSPS) is 23.5. The first-order chi connectivity index (χ1) is 14.5. The first-order valence-corrected chi connectivity index (χ1v) is 10.5. The summed E-state index contributed by atoms with van der Waals surface area (Å²) in [4.78, 5) is 27.2. The number of amides is 1. The quantitative estimate of drug-likeness (QED) is 0.747. The van der Waals surface area contributed by atoms with E-state index < -0.39 is 5.82 Å². The third kappa shape index (κ3) is 4.30. The summed E-state index contributed by atoms with van der Waals surface area (Å²) in [5, 5.41) is 8.96. The monoisotopic (exact) mass is 408 g/mol. The zero-order chi connectivity index (χ0) is 21.1. The molecular formula is C24H25FN2O3. The number of rotatable bonds is 5. The molecule has 1 fully saturated rings. The maximum Gasteiger partial charge on any atom is 0.223 e. The van der Waals surface area contributed by atoms with Crippen LogP contribution in [-0.2, 0) is 20.7 Å². The zero-order valence-corrected chi connectivity index (χ0v) is 16.9. The minimum absolute atomic E-state index is 0.0417. The lowest BCUT2D eigenvalue weighted by molar-refractivity contribution is -0.136. The van der Waals surface area contributed by atoms with E-state index in [9.17, 15) is 14.0 Å². The van der Waals surface area contributed by atoms with Gasteiger partial charge in [0.15, 0.2) is 5.78 Å². The molecule has 2 atom stereocenters. The number of likely N-dealkylation sites (tertiary alicyclic amines) is 1. The summed E-state index contributed by atoms with van der Waals surface area (Å²) in [6.07, 6.45) is 9.23. The number of carbonyl (C=O) groups is 2. The molecular weight excluding hydrogens is 383 g/mol. The number of halogens is 1. The first kappa shape index (κ1) is 20.3. The Labute approximate surface area is 175 Å². The van der Waals surface area contributed by atoms with E-state index in [-0.39, 0.29) is 35.5 Å². The van der Waals surface area contributed by atoms with E-state index in [1.54, 1.807) is 18.4 Å². The molecule has 1 amide bonds. The topological polar surface area (TPSA) is 70.4 Å². The summed E-state index contributed by atoms with van der Waals surface area (Å²) in [5.41, 5.74) is 1.97. The van der Waals surface area contributed by atoms with Gasteiger partial charge in [0.2, 0.25) is 5.91 Å². The average Bonchev–Trinajstić information content (AvgIpc) is 3.25. The van der Waals surface area contributed by atoms with E-state index in [0.29, 0.717) is 25.6 Å². The highest BCUT2D eigenvalue weighted by atomic mass is 19.1. The summed E-state index contributed by atoms with van der Waals surface area (Å²) in [6, 6.07) is 6.60. The fraction of sp³-hybridized carbons (Fsp3) is 0.458. The molecule has 2 unspecified atom stereocenters. The highest BCUT2D eigenvalue weighted by Crippen LogP contribution is 2.31. The first-order valence-electron chi connectivity index (χ1n) is 10.5. The van der Waals surface area contributed by atoms with Gasteiger partial charge in [0.05, 0.1) is 17.7 Å². The Balaban J connectivity index is 1.24. The second-order valence-electron chi connectivity index (χ2n) is 8.36. The van der Waals surface area contributed by atoms with Crippen molar-refractivity contribution in [1.29, 1.82) is 5.26 Å². The molecule has 30 heavy (non-hydrogen) atoms. The maximum absolute atomic E-state index is 13.4. The number of nitriles is 1. The van der Waals surface area contributed by atoms with Crippen molar-refractivity contribution in [2.24, 2.45) is 17.8 Å². The number of piperidine rings is 1. The largest absolute Gasteiger partial charge is 0.500 e. The van der Waals surface area contributed by atoms with Gasteiger partial charge in [-0.3, -0.25) is 9.59 Å². The van der Waals surface area contributed by atoms with Crippen molar-refractivity contribution >= 4 is 11.7 Å². The summed E-state index contributed by atoms with van der Waals surface area (Å²) in [5.74, 6) is -0.421. The van der Waals surface area contributed by atoms with Gasteiger partial charge in [0.1, 0.15) is 18.5 Å². The molecule has 0 aromatic heterocycles. The van der Waals surface area contributed by atoms with Gasteiger partial charge in [0.25, 0.3) is 0 Å². The number of carbonyl (C=O) groups excluding carboxylic acids is 2. The van der Waals surface area contributed by atoms with Crippen molar-refractivity contribution in [1.82, 2.24) is 4.90 Å². The number of ketones is 1. The van der Waals surface area contributed by atoms with Crippen LogP contribution in [0.25, 0.3) is 0 Å². The van der Waals surface area contributed by atoms with Gasteiger partial charge in [-0.05, 0) is 49.3 Å². The molecule has 0 spiro atoms. The number of Topliss-reactive ketones (excluding diaryl/α,β-unsaturated/α-hetero) is 1. The number of ether oxygens (including phenoxy) is 1. The van der Waals surface area contributed by atoms with Gasteiger partial charge in [-0.25, -0.2) is 4.39 Å². The highest BCUT2D eigenvalue weighted by molar-refractivity contribution is 5.93. The van der Waals surface area contributed by atoms with Crippen LogP contribution in [0.5, 0.6) is 0 Å². The molecule has 6 heteroatoms. The van der Waals surface area contributed by atoms with Crippen LogP contribution in [0.2, 0.25) is 0 Å². The van der Waals surface area contributed by atoms with Crippen LogP contribution < -0.4 is 0 Å². The molecule has 0 radical (unpaired) electrons. The van der Waals surface area contributed by atoms with Crippen LogP contribution in [0.1, 0.15) is 36.8 Å². The number of benzene rings is 1.